The number of anilines is 2. The molecule has 1 aliphatic heterocycles. The van der Waals surface area contributed by atoms with Crippen molar-refractivity contribution in [2.45, 2.75) is 19.8 Å². The lowest BCUT2D eigenvalue weighted by Gasteiger charge is -2.38. The molecule has 0 aliphatic carbocycles. The van der Waals surface area contributed by atoms with Crippen LogP contribution in [0.2, 0.25) is 0 Å². The van der Waals surface area contributed by atoms with Gasteiger partial charge in [-0.3, -0.25) is 9.69 Å². The number of aliphatic hydroxyl groups excluding tert-OH is 1. The zero-order valence-corrected chi connectivity index (χ0v) is 21.7. The van der Waals surface area contributed by atoms with Gasteiger partial charge in [0.25, 0.3) is 5.91 Å². The first-order valence-electron chi connectivity index (χ1n) is 12.5. The summed E-state index contributed by atoms with van der Waals surface area (Å²) in [7, 11) is 0. The Bertz CT molecular complexity index is 1280. The topological polar surface area (TPSA) is 65.0 Å². The van der Waals surface area contributed by atoms with Gasteiger partial charge < -0.3 is 20.1 Å². The Balaban J connectivity index is 1.10. The average Bonchev–Trinajstić information content (AvgIpc) is 3.48. The van der Waals surface area contributed by atoms with E-state index < -0.39 is 6.23 Å². The number of piperazine rings is 1. The van der Waals surface area contributed by atoms with Crippen molar-refractivity contribution in [2.75, 3.05) is 36.4 Å². The molecule has 5 rings (SSSR count). The number of rotatable bonds is 8. The number of benzene rings is 3. The van der Waals surface area contributed by atoms with Crippen LogP contribution in [0.3, 0.4) is 0 Å². The number of aliphatic hydroxyl groups is 1. The Morgan fingerprint density at radius 1 is 0.946 bits per heavy atom. The van der Waals surface area contributed by atoms with Gasteiger partial charge in [-0.25, -0.2) is 0 Å². The van der Waals surface area contributed by atoms with E-state index in [0.717, 1.165) is 53.7 Å². The molecule has 190 valence electrons. The third kappa shape index (κ3) is 6.38. The summed E-state index contributed by atoms with van der Waals surface area (Å²) >= 11 is 1.58. The molecule has 0 spiro atoms. The number of carbonyl (C=O) groups is 1. The molecule has 1 atom stereocenters. The lowest BCUT2D eigenvalue weighted by molar-refractivity contribution is 0.00111. The fourth-order valence-electron chi connectivity index (χ4n) is 4.36. The Morgan fingerprint density at radius 2 is 1.65 bits per heavy atom. The number of hydrogen-bond donors (Lipinski definition) is 2. The molecule has 1 amide bonds. The van der Waals surface area contributed by atoms with Crippen LogP contribution in [0, 0.1) is 6.92 Å². The summed E-state index contributed by atoms with van der Waals surface area (Å²) in [6, 6.07) is 27.3. The molecule has 1 aliphatic rings. The van der Waals surface area contributed by atoms with Gasteiger partial charge in [-0.1, -0.05) is 35.9 Å². The highest BCUT2D eigenvalue weighted by Gasteiger charge is 2.24. The molecule has 1 fully saturated rings. The first-order valence-corrected chi connectivity index (χ1v) is 13.3. The maximum Gasteiger partial charge on any atom is 0.255 e. The van der Waals surface area contributed by atoms with Crippen molar-refractivity contribution in [3.8, 4) is 5.75 Å². The largest absolute Gasteiger partial charge is 0.489 e. The second kappa shape index (κ2) is 11.6. The highest BCUT2D eigenvalue weighted by Crippen LogP contribution is 2.26. The summed E-state index contributed by atoms with van der Waals surface area (Å²) in [6.45, 7) is 5.82. The van der Waals surface area contributed by atoms with Gasteiger partial charge in [0, 0.05) is 48.0 Å². The SMILES string of the molecule is Cc1ccc(COc2ccc(C(=O)Nc3ccc(N4CCN(C(O)c5cccs5)CC4)cc3)cc2)cc1. The van der Waals surface area contributed by atoms with Crippen LogP contribution >= 0.6 is 11.3 Å². The number of thiophene rings is 1. The molecule has 1 saturated heterocycles. The highest BCUT2D eigenvalue weighted by atomic mass is 32.1. The fraction of sp³-hybridized carbons (Fsp3) is 0.233. The van der Waals surface area contributed by atoms with Crippen molar-refractivity contribution < 1.29 is 14.6 Å². The first-order chi connectivity index (χ1) is 18.0. The molecule has 4 aromatic rings. The van der Waals surface area contributed by atoms with Gasteiger partial charge >= 0.3 is 0 Å². The number of aryl methyl sites for hydroxylation is 1. The minimum Gasteiger partial charge on any atom is -0.489 e. The molecule has 0 saturated carbocycles. The summed E-state index contributed by atoms with van der Waals surface area (Å²) in [5, 5.41) is 15.5. The van der Waals surface area contributed by atoms with E-state index in [0.29, 0.717) is 12.2 Å². The van der Waals surface area contributed by atoms with Crippen LogP contribution in [0.25, 0.3) is 0 Å². The lowest BCUT2D eigenvalue weighted by atomic mass is 10.1. The minimum atomic E-state index is -0.534. The number of nitrogens with zero attached hydrogens (tertiary/aromatic N) is 2. The lowest BCUT2D eigenvalue weighted by Crippen LogP contribution is -2.47. The molecule has 7 heteroatoms. The fourth-order valence-corrected chi connectivity index (χ4v) is 5.10. The summed E-state index contributed by atoms with van der Waals surface area (Å²) in [5.41, 5.74) is 4.76. The maximum atomic E-state index is 12.7. The van der Waals surface area contributed by atoms with Gasteiger partial charge in [0.1, 0.15) is 18.6 Å². The van der Waals surface area contributed by atoms with Crippen LogP contribution in [0.15, 0.2) is 90.3 Å². The monoisotopic (exact) mass is 513 g/mol. The van der Waals surface area contributed by atoms with Gasteiger partial charge in [0.2, 0.25) is 0 Å². The molecule has 3 aromatic carbocycles. The Kier molecular flexibility index (Phi) is 7.84. The zero-order valence-electron chi connectivity index (χ0n) is 20.8. The van der Waals surface area contributed by atoms with Crippen LogP contribution in [0.1, 0.15) is 32.6 Å². The summed E-state index contributed by atoms with van der Waals surface area (Å²) in [6.07, 6.45) is -0.534. The van der Waals surface area contributed by atoms with Crippen LogP contribution in [-0.4, -0.2) is 42.1 Å². The van der Waals surface area contributed by atoms with Crippen molar-refractivity contribution in [3.05, 3.63) is 112 Å². The van der Waals surface area contributed by atoms with Crippen LogP contribution < -0.4 is 15.0 Å². The van der Waals surface area contributed by atoms with Gasteiger partial charge in [0.05, 0.1) is 0 Å². The molecular weight excluding hydrogens is 482 g/mol. The molecule has 0 radical (unpaired) electrons. The number of carbonyl (C=O) groups excluding carboxylic acids is 1. The van der Waals surface area contributed by atoms with E-state index in [2.05, 4.69) is 46.3 Å². The quantitative estimate of drug-likeness (QED) is 0.316. The smallest absolute Gasteiger partial charge is 0.255 e. The Morgan fingerprint density at radius 3 is 2.30 bits per heavy atom. The van der Waals surface area contributed by atoms with Crippen molar-refractivity contribution in [3.63, 3.8) is 0 Å². The summed E-state index contributed by atoms with van der Waals surface area (Å²) < 4.78 is 5.84. The predicted octanol–water partition coefficient (Wildman–Crippen LogP) is 5.70. The summed E-state index contributed by atoms with van der Waals surface area (Å²) in [5.74, 6) is 0.568. The highest BCUT2D eigenvalue weighted by molar-refractivity contribution is 7.10. The van der Waals surface area contributed by atoms with Crippen molar-refractivity contribution >= 4 is 28.6 Å². The van der Waals surface area contributed by atoms with Gasteiger partial charge in [0.15, 0.2) is 0 Å². The normalized spacial score (nSPS) is 14.8. The number of nitrogens with one attached hydrogen (secondary N) is 1. The van der Waals surface area contributed by atoms with E-state index in [-0.39, 0.29) is 5.91 Å². The molecule has 1 unspecified atom stereocenters. The van der Waals surface area contributed by atoms with E-state index >= 15 is 0 Å². The third-order valence-electron chi connectivity index (χ3n) is 6.59. The predicted molar refractivity (Wildman–Crippen MR) is 149 cm³/mol. The Labute approximate surface area is 221 Å². The molecule has 1 aromatic heterocycles. The third-order valence-corrected chi connectivity index (χ3v) is 7.50. The van der Waals surface area contributed by atoms with Crippen molar-refractivity contribution in [2.24, 2.45) is 0 Å². The second-order valence-electron chi connectivity index (χ2n) is 9.21. The van der Waals surface area contributed by atoms with E-state index in [4.69, 9.17) is 4.74 Å². The van der Waals surface area contributed by atoms with E-state index in [9.17, 15) is 9.90 Å². The number of ether oxygens (including phenoxy) is 1. The van der Waals surface area contributed by atoms with Crippen molar-refractivity contribution in [1.29, 1.82) is 0 Å². The molecule has 2 N–H and O–H groups in total. The zero-order chi connectivity index (χ0) is 25.6. The van der Waals surface area contributed by atoms with Crippen LogP contribution in [0.4, 0.5) is 11.4 Å². The molecular formula is C30H31N3O3S. The molecule has 2 heterocycles. The number of hydrogen-bond acceptors (Lipinski definition) is 6. The van der Waals surface area contributed by atoms with Gasteiger partial charge in [-0.2, -0.15) is 0 Å². The number of amides is 1. The van der Waals surface area contributed by atoms with Crippen LogP contribution in [-0.2, 0) is 6.61 Å². The van der Waals surface area contributed by atoms with Gasteiger partial charge in [-0.05, 0) is 72.5 Å². The Hall–Kier alpha value is -3.65. The van der Waals surface area contributed by atoms with E-state index in [1.165, 1.54) is 5.56 Å². The van der Waals surface area contributed by atoms with E-state index in [1.54, 1.807) is 23.5 Å². The summed E-state index contributed by atoms with van der Waals surface area (Å²) in [4.78, 5) is 18.1. The molecule has 37 heavy (non-hydrogen) atoms. The first kappa shape index (κ1) is 25.0. The molecule has 0 bridgehead atoms. The van der Waals surface area contributed by atoms with E-state index in [1.807, 2.05) is 53.9 Å². The second-order valence-corrected chi connectivity index (χ2v) is 10.2. The average molecular weight is 514 g/mol. The standard InChI is InChI=1S/C30H31N3O3S/c1-22-4-6-23(7-5-22)21-36-27-14-8-24(9-15-27)29(34)31-25-10-12-26(13-11-25)32-16-18-33(19-17-32)30(35)28-3-2-20-37-28/h2-15,20,30,35H,16-19,21H2,1H3,(H,31,34). The van der Waals surface area contributed by atoms with Crippen molar-refractivity contribution in [1.82, 2.24) is 4.90 Å². The minimum absolute atomic E-state index is 0.158. The van der Waals surface area contributed by atoms with Gasteiger partial charge in [-0.15, -0.1) is 11.3 Å². The molecule has 6 nitrogen and oxygen atoms in total. The van der Waals surface area contributed by atoms with Crippen LogP contribution in [0.5, 0.6) is 5.75 Å². The maximum absolute atomic E-state index is 12.7.